The fourth-order valence-corrected chi connectivity index (χ4v) is 2.80. The van der Waals surface area contributed by atoms with Crippen molar-refractivity contribution >= 4 is 17.7 Å². The van der Waals surface area contributed by atoms with Crippen LogP contribution >= 0.6 is 0 Å². The molecular weight excluding hydrogens is 346 g/mol. The molecule has 0 bridgehead atoms. The Morgan fingerprint density at radius 3 is 2.46 bits per heavy atom. The van der Waals surface area contributed by atoms with Gasteiger partial charge in [0.2, 0.25) is 0 Å². The number of carboxylic acid groups (broad SMARTS) is 1. The molecule has 0 aromatic heterocycles. The average molecular weight is 382 g/mol. The van der Waals surface area contributed by atoms with Gasteiger partial charge in [0.1, 0.15) is 0 Å². The summed E-state index contributed by atoms with van der Waals surface area (Å²) in [5.74, 6) is -0.923. The molecule has 0 saturated heterocycles. The highest BCUT2D eigenvalue weighted by Crippen LogP contribution is 2.18. The second kappa shape index (κ2) is 14.5. The van der Waals surface area contributed by atoms with Crippen molar-refractivity contribution in [2.45, 2.75) is 59.3 Å². The summed E-state index contributed by atoms with van der Waals surface area (Å²) in [6.07, 6.45) is 18.8. The quantitative estimate of drug-likeness (QED) is 0.219. The van der Waals surface area contributed by atoms with E-state index in [9.17, 15) is 4.79 Å². The van der Waals surface area contributed by atoms with Gasteiger partial charge in [-0.2, -0.15) is 0 Å². The number of benzene rings is 1. The molecule has 28 heavy (non-hydrogen) atoms. The predicted molar refractivity (Wildman–Crippen MR) is 122 cm³/mol. The molecule has 3 heteroatoms. The Kier molecular flexibility index (Phi) is 12.2. The smallest absolute Gasteiger partial charge is 0.328 e. The Hall–Kier alpha value is -2.55. The topological polar surface area (TPSA) is 49.3 Å². The van der Waals surface area contributed by atoms with Gasteiger partial charge < -0.3 is 10.4 Å². The zero-order valence-electron chi connectivity index (χ0n) is 17.6. The molecule has 152 valence electrons. The number of para-hydroxylation sites is 1. The van der Waals surface area contributed by atoms with Crippen LogP contribution in [0.15, 0.2) is 65.8 Å². The normalized spacial score (nSPS) is 12.8. The second-order valence-corrected chi connectivity index (χ2v) is 7.11. The van der Waals surface area contributed by atoms with Gasteiger partial charge in [0.05, 0.1) is 0 Å². The van der Waals surface area contributed by atoms with Crippen LogP contribution in [0.4, 0.5) is 5.69 Å². The molecule has 0 atom stereocenters. The molecule has 0 aliphatic heterocycles. The largest absolute Gasteiger partial charge is 0.478 e. The van der Waals surface area contributed by atoms with Gasteiger partial charge in [-0.3, -0.25) is 0 Å². The summed E-state index contributed by atoms with van der Waals surface area (Å²) in [5.41, 5.74) is 4.15. The van der Waals surface area contributed by atoms with E-state index in [1.807, 2.05) is 19.1 Å². The summed E-state index contributed by atoms with van der Waals surface area (Å²) in [7, 11) is 0. The number of hydrogen-bond donors (Lipinski definition) is 2. The minimum Gasteiger partial charge on any atom is -0.478 e. The third kappa shape index (κ3) is 11.2. The fraction of sp³-hybridized carbons (Fsp3) is 0.400. The number of anilines is 1. The summed E-state index contributed by atoms with van der Waals surface area (Å²) >= 11 is 0. The van der Waals surface area contributed by atoms with Gasteiger partial charge in [0, 0.05) is 18.3 Å². The average Bonchev–Trinajstić information content (AvgIpc) is 2.66. The van der Waals surface area contributed by atoms with E-state index in [2.05, 4.69) is 48.7 Å². The molecule has 1 rings (SSSR count). The van der Waals surface area contributed by atoms with Crippen molar-refractivity contribution in [3.8, 4) is 0 Å². The third-order valence-electron chi connectivity index (χ3n) is 4.40. The van der Waals surface area contributed by atoms with E-state index >= 15 is 0 Å². The Balaban J connectivity index is 2.55. The van der Waals surface area contributed by atoms with Gasteiger partial charge >= 0.3 is 5.97 Å². The lowest BCUT2D eigenvalue weighted by Gasteiger charge is -2.09. The zero-order chi connectivity index (χ0) is 20.6. The van der Waals surface area contributed by atoms with E-state index in [4.69, 9.17) is 5.11 Å². The molecule has 2 N–H and O–H groups in total. The zero-order valence-corrected chi connectivity index (χ0v) is 17.6. The minimum atomic E-state index is -0.923. The number of allylic oxidation sites excluding steroid dienone is 6. The van der Waals surface area contributed by atoms with E-state index in [1.54, 1.807) is 13.0 Å². The summed E-state index contributed by atoms with van der Waals surface area (Å²) in [6.45, 7) is 7.05. The first kappa shape index (κ1) is 23.5. The molecule has 1 aromatic rings. The Labute approximate surface area is 170 Å². The maximum atomic E-state index is 10.6. The number of aliphatic carboxylic acids is 1. The highest BCUT2D eigenvalue weighted by molar-refractivity contribution is 5.81. The third-order valence-corrected chi connectivity index (χ3v) is 4.40. The highest BCUT2D eigenvalue weighted by atomic mass is 16.4. The first-order valence-corrected chi connectivity index (χ1v) is 10.3. The number of carbonyl (C=O) groups is 1. The minimum absolute atomic E-state index is 0.713. The molecule has 3 nitrogen and oxygen atoms in total. The van der Waals surface area contributed by atoms with Crippen molar-refractivity contribution in [3.05, 3.63) is 71.4 Å². The number of hydrogen-bond acceptors (Lipinski definition) is 2. The van der Waals surface area contributed by atoms with Gasteiger partial charge in [0.15, 0.2) is 0 Å². The van der Waals surface area contributed by atoms with Crippen LogP contribution in [-0.4, -0.2) is 17.6 Å². The van der Waals surface area contributed by atoms with Crippen LogP contribution in [0.25, 0.3) is 6.08 Å². The number of nitrogens with one attached hydrogen (secondary N) is 1. The molecule has 0 aliphatic rings. The monoisotopic (exact) mass is 381 g/mol. The molecule has 0 radical (unpaired) electrons. The van der Waals surface area contributed by atoms with Crippen molar-refractivity contribution in [2.24, 2.45) is 0 Å². The fourth-order valence-electron chi connectivity index (χ4n) is 2.80. The molecular formula is C25H35NO2. The molecule has 0 saturated carbocycles. The lowest BCUT2D eigenvalue weighted by Crippen LogP contribution is -2.02. The summed E-state index contributed by atoms with van der Waals surface area (Å²) in [6, 6.07) is 8.34. The van der Waals surface area contributed by atoms with Crippen LogP contribution < -0.4 is 5.32 Å². The van der Waals surface area contributed by atoms with Crippen LogP contribution in [0.3, 0.4) is 0 Å². The van der Waals surface area contributed by atoms with E-state index in [1.165, 1.54) is 50.2 Å². The molecule has 0 heterocycles. The maximum absolute atomic E-state index is 10.6. The summed E-state index contributed by atoms with van der Waals surface area (Å²) in [5, 5.41) is 12.3. The Bertz CT molecular complexity index is 711. The van der Waals surface area contributed by atoms with Gasteiger partial charge in [-0.15, -0.1) is 0 Å². The molecule has 0 spiro atoms. The highest BCUT2D eigenvalue weighted by Gasteiger charge is 1.98. The standard InChI is InChI=1S/C25H35NO2/c1-4-5-6-7-8-11-19-26-24-16-10-9-15-23(24)18-17-21(2)13-12-14-22(3)20-25(27)28/h9-10,12-18,20,26H,4-8,11,19H2,1-3H3,(H,27,28). The van der Waals surface area contributed by atoms with Crippen molar-refractivity contribution in [3.63, 3.8) is 0 Å². The van der Waals surface area contributed by atoms with Crippen molar-refractivity contribution in [1.29, 1.82) is 0 Å². The van der Waals surface area contributed by atoms with Crippen molar-refractivity contribution < 1.29 is 9.90 Å². The van der Waals surface area contributed by atoms with Crippen molar-refractivity contribution in [2.75, 3.05) is 11.9 Å². The summed E-state index contributed by atoms with van der Waals surface area (Å²) < 4.78 is 0. The molecule has 0 aliphatic carbocycles. The molecule has 0 amide bonds. The number of carboxylic acids is 1. The molecule has 1 aromatic carbocycles. The SMILES string of the molecule is CCCCCCCCNc1ccccc1C=CC(C)=CC=CC(C)=CC(=O)O. The van der Waals surface area contributed by atoms with E-state index in [0.717, 1.165) is 17.8 Å². The van der Waals surface area contributed by atoms with Crippen LogP contribution in [-0.2, 0) is 4.79 Å². The first-order chi connectivity index (χ1) is 13.5. The van der Waals surface area contributed by atoms with Crippen molar-refractivity contribution in [1.82, 2.24) is 0 Å². The van der Waals surface area contributed by atoms with Crippen LogP contribution in [0.2, 0.25) is 0 Å². The van der Waals surface area contributed by atoms with Crippen LogP contribution in [0.5, 0.6) is 0 Å². The van der Waals surface area contributed by atoms with Crippen LogP contribution in [0.1, 0.15) is 64.9 Å². The molecule has 0 unspecified atom stereocenters. The van der Waals surface area contributed by atoms with Gasteiger partial charge in [-0.05, 0) is 37.5 Å². The lowest BCUT2D eigenvalue weighted by molar-refractivity contribution is -0.131. The Morgan fingerprint density at radius 1 is 1.00 bits per heavy atom. The molecule has 0 fully saturated rings. The van der Waals surface area contributed by atoms with Gasteiger partial charge in [0.25, 0.3) is 0 Å². The maximum Gasteiger partial charge on any atom is 0.328 e. The lowest BCUT2D eigenvalue weighted by atomic mass is 10.1. The van der Waals surface area contributed by atoms with Gasteiger partial charge in [-0.25, -0.2) is 4.79 Å². The Morgan fingerprint density at radius 2 is 1.71 bits per heavy atom. The second-order valence-electron chi connectivity index (χ2n) is 7.11. The number of rotatable bonds is 13. The summed E-state index contributed by atoms with van der Waals surface area (Å²) in [4.78, 5) is 10.6. The number of unbranched alkanes of at least 4 members (excludes halogenated alkanes) is 5. The van der Waals surface area contributed by atoms with E-state index in [-0.39, 0.29) is 0 Å². The first-order valence-electron chi connectivity index (χ1n) is 10.3. The van der Waals surface area contributed by atoms with Crippen LogP contribution in [0, 0.1) is 0 Å². The van der Waals surface area contributed by atoms with E-state index < -0.39 is 5.97 Å². The predicted octanol–water partition coefficient (Wildman–Crippen LogP) is 7.01. The van der Waals surface area contributed by atoms with Gasteiger partial charge in [-0.1, -0.05) is 93.2 Å². The van der Waals surface area contributed by atoms with E-state index in [0.29, 0.717) is 5.57 Å².